The highest BCUT2D eigenvalue weighted by Crippen LogP contribution is 2.43. The minimum atomic E-state index is -4.35. The van der Waals surface area contributed by atoms with E-state index in [1.165, 1.54) is 89.9 Å². The topological polar surface area (TPSA) is 134 Å². The Balaban J connectivity index is 4.29. The van der Waals surface area contributed by atoms with Gasteiger partial charge in [-0.15, -0.1) is 0 Å². The van der Waals surface area contributed by atoms with Gasteiger partial charge in [-0.2, -0.15) is 0 Å². The molecule has 3 N–H and O–H groups in total. The first-order valence-corrected chi connectivity index (χ1v) is 18.0. The smallest absolute Gasteiger partial charge is 0.462 e. The van der Waals surface area contributed by atoms with Crippen molar-refractivity contribution in [2.24, 2.45) is 5.73 Å². The van der Waals surface area contributed by atoms with Gasteiger partial charge in [0.25, 0.3) is 0 Å². The molecule has 0 spiro atoms. The third-order valence-corrected chi connectivity index (χ3v) is 7.98. The van der Waals surface area contributed by atoms with Crippen molar-refractivity contribution in [3.05, 3.63) is 0 Å². The SMILES string of the molecule is CCCCCCCCCCCCCC(=O)O[C@H](COC(=O)CCCCCCCCCCC)COP(=O)(O)OCCN. The number of carbonyl (C=O) groups is 2. The monoisotopic (exact) mass is 607 g/mol. The number of ether oxygens (including phenoxy) is 2. The van der Waals surface area contributed by atoms with Crippen LogP contribution in [0.25, 0.3) is 0 Å². The molecule has 0 aliphatic carbocycles. The molecule has 0 aromatic carbocycles. The lowest BCUT2D eigenvalue weighted by Crippen LogP contribution is -2.29. The molecular formula is C31H62NO8P. The Morgan fingerprint density at radius 3 is 1.49 bits per heavy atom. The molecule has 0 bridgehead atoms. The number of esters is 2. The van der Waals surface area contributed by atoms with Gasteiger partial charge < -0.3 is 20.1 Å². The zero-order valence-electron chi connectivity index (χ0n) is 26.3. The summed E-state index contributed by atoms with van der Waals surface area (Å²) in [5, 5.41) is 0. The van der Waals surface area contributed by atoms with E-state index in [1.807, 2.05) is 0 Å². The van der Waals surface area contributed by atoms with Crippen LogP contribution in [0.15, 0.2) is 0 Å². The molecule has 0 fully saturated rings. The number of phosphoric acid groups is 1. The van der Waals surface area contributed by atoms with Gasteiger partial charge in [0.2, 0.25) is 0 Å². The average molecular weight is 608 g/mol. The van der Waals surface area contributed by atoms with Crippen LogP contribution in [0.4, 0.5) is 0 Å². The number of unbranched alkanes of at least 4 members (excludes halogenated alkanes) is 18. The fourth-order valence-electron chi connectivity index (χ4n) is 4.52. The predicted octanol–water partition coefficient (Wildman–Crippen LogP) is 8.16. The van der Waals surface area contributed by atoms with Crippen molar-refractivity contribution in [3.63, 3.8) is 0 Å². The largest absolute Gasteiger partial charge is 0.472 e. The first-order valence-electron chi connectivity index (χ1n) is 16.5. The van der Waals surface area contributed by atoms with Crippen molar-refractivity contribution < 1.29 is 37.6 Å². The molecule has 1 unspecified atom stereocenters. The number of hydrogen-bond donors (Lipinski definition) is 2. The second kappa shape index (κ2) is 29.1. The molecule has 10 heteroatoms. The molecule has 0 aromatic rings. The van der Waals surface area contributed by atoms with Gasteiger partial charge in [0, 0.05) is 19.4 Å². The van der Waals surface area contributed by atoms with E-state index in [-0.39, 0.29) is 38.6 Å². The van der Waals surface area contributed by atoms with Gasteiger partial charge in [-0.1, -0.05) is 129 Å². The van der Waals surface area contributed by atoms with Crippen molar-refractivity contribution in [3.8, 4) is 0 Å². The maximum atomic E-state index is 12.4. The Morgan fingerprint density at radius 2 is 1.05 bits per heavy atom. The van der Waals surface area contributed by atoms with Gasteiger partial charge in [-0.25, -0.2) is 4.57 Å². The van der Waals surface area contributed by atoms with Gasteiger partial charge in [0.1, 0.15) is 6.61 Å². The molecule has 0 radical (unpaired) electrons. The van der Waals surface area contributed by atoms with Crippen LogP contribution in [0.2, 0.25) is 0 Å². The summed E-state index contributed by atoms with van der Waals surface area (Å²) in [6, 6.07) is 0. The first kappa shape index (κ1) is 40.0. The van der Waals surface area contributed by atoms with Gasteiger partial charge in [-0.05, 0) is 12.8 Å². The van der Waals surface area contributed by atoms with Gasteiger partial charge in [-0.3, -0.25) is 18.6 Å². The van der Waals surface area contributed by atoms with Crippen molar-refractivity contribution in [2.75, 3.05) is 26.4 Å². The summed E-state index contributed by atoms with van der Waals surface area (Å²) in [7, 11) is -4.35. The van der Waals surface area contributed by atoms with Gasteiger partial charge >= 0.3 is 19.8 Å². The van der Waals surface area contributed by atoms with E-state index in [0.717, 1.165) is 32.1 Å². The van der Waals surface area contributed by atoms with Crippen LogP contribution in [-0.2, 0) is 32.7 Å². The number of hydrogen-bond acceptors (Lipinski definition) is 8. The number of nitrogens with two attached hydrogens (primary N) is 1. The lowest BCUT2D eigenvalue weighted by atomic mass is 10.1. The Kier molecular flexibility index (Phi) is 28.4. The highest BCUT2D eigenvalue weighted by molar-refractivity contribution is 7.47. The van der Waals surface area contributed by atoms with Crippen LogP contribution >= 0.6 is 7.82 Å². The van der Waals surface area contributed by atoms with E-state index in [1.54, 1.807) is 0 Å². The highest BCUT2D eigenvalue weighted by Gasteiger charge is 2.25. The molecule has 0 saturated heterocycles. The molecule has 0 heterocycles. The number of phosphoric ester groups is 1. The Morgan fingerprint density at radius 1 is 0.634 bits per heavy atom. The molecule has 9 nitrogen and oxygen atoms in total. The Hall–Kier alpha value is -0.990. The Labute approximate surface area is 250 Å². The van der Waals surface area contributed by atoms with Crippen molar-refractivity contribution in [2.45, 2.75) is 161 Å². The molecule has 0 rings (SSSR count). The summed E-state index contributed by atoms with van der Waals surface area (Å²) in [4.78, 5) is 34.4. The van der Waals surface area contributed by atoms with E-state index in [9.17, 15) is 19.0 Å². The molecule has 244 valence electrons. The summed E-state index contributed by atoms with van der Waals surface area (Å²) in [6.45, 7) is 3.68. The second-order valence-corrected chi connectivity index (χ2v) is 12.5. The number of rotatable bonds is 31. The third kappa shape index (κ3) is 28.9. The fourth-order valence-corrected chi connectivity index (χ4v) is 5.28. The zero-order valence-corrected chi connectivity index (χ0v) is 27.2. The van der Waals surface area contributed by atoms with Crippen molar-refractivity contribution in [1.82, 2.24) is 0 Å². The van der Waals surface area contributed by atoms with E-state index in [4.69, 9.17) is 24.3 Å². The van der Waals surface area contributed by atoms with Crippen LogP contribution in [-0.4, -0.2) is 49.3 Å². The van der Waals surface area contributed by atoms with E-state index < -0.39 is 26.5 Å². The van der Waals surface area contributed by atoms with Crippen LogP contribution in [0.3, 0.4) is 0 Å². The van der Waals surface area contributed by atoms with Crippen molar-refractivity contribution >= 4 is 19.8 Å². The molecule has 2 atom stereocenters. The summed E-state index contributed by atoms with van der Waals surface area (Å²) in [6.07, 6.45) is 22.8. The van der Waals surface area contributed by atoms with Crippen LogP contribution in [0, 0.1) is 0 Å². The molecule has 41 heavy (non-hydrogen) atoms. The summed E-state index contributed by atoms with van der Waals surface area (Å²) in [5.41, 5.74) is 5.30. The van der Waals surface area contributed by atoms with Gasteiger partial charge in [0.05, 0.1) is 13.2 Å². The minimum absolute atomic E-state index is 0.0573. The average Bonchev–Trinajstić information content (AvgIpc) is 2.95. The van der Waals surface area contributed by atoms with E-state index in [2.05, 4.69) is 13.8 Å². The minimum Gasteiger partial charge on any atom is -0.462 e. The zero-order chi connectivity index (χ0) is 30.4. The van der Waals surface area contributed by atoms with Crippen LogP contribution in [0.5, 0.6) is 0 Å². The van der Waals surface area contributed by atoms with E-state index >= 15 is 0 Å². The fraction of sp³-hybridized carbons (Fsp3) is 0.935. The molecule has 0 aromatic heterocycles. The van der Waals surface area contributed by atoms with E-state index in [0.29, 0.717) is 6.42 Å². The molecular weight excluding hydrogens is 545 g/mol. The molecule has 0 saturated carbocycles. The summed E-state index contributed by atoms with van der Waals surface area (Å²) >= 11 is 0. The molecule has 0 aliphatic heterocycles. The first-order chi connectivity index (χ1) is 19.8. The highest BCUT2D eigenvalue weighted by atomic mass is 31.2. The van der Waals surface area contributed by atoms with Crippen LogP contribution in [0.1, 0.15) is 155 Å². The molecule has 0 aliphatic rings. The van der Waals surface area contributed by atoms with Gasteiger partial charge in [0.15, 0.2) is 6.10 Å². The Bertz CT molecular complexity index is 664. The maximum absolute atomic E-state index is 12.4. The quantitative estimate of drug-likeness (QED) is 0.0454. The summed E-state index contributed by atoms with van der Waals surface area (Å²) < 4.78 is 32.4. The summed E-state index contributed by atoms with van der Waals surface area (Å²) in [5.74, 6) is -0.828. The van der Waals surface area contributed by atoms with Crippen molar-refractivity contribution in [1.29, 1.82) is 0 Å². The predicted molar refractivity (Wildman–Crippen MR) is 165 cm³/mol. The lowest BCUT2D eigenvalue weighted by molar-refractivity contribution is -0.161. The van der Waals surface area contributed by atoms with Crippen LogP contribution < -0.4 is 5.73 Å². The second-order valence-electron chi connectivity index (χ2n) is 11.0. The standard InChI is InChI=1S/C31H62NO8P/c1-3-5-7-9-11-13-14-16-18-20-22-24-31(34)40-29(28-39-41(35,36)38-26-25-32)27-37-30(33)23-21-19-17-15-12-10-8-6-4-2/h29H,3-28,32H2,1-2H3,(H,35,36)/t29-/m1/s1. The molecule has 0 amide bonds. The maximum Gasteiger partial charge on any atom is 0.472 e. The number of carbonyl (C=O) groups excluding carboxylic acids is 2. The normalized spacial score (nSPS) is 13.6. The third-order valence-electron chi connectivity index (χ3n) is 6.99. The lowest BCUT2D eigenvalue weighted by Gasteiger charge is -2.19.